The molecule has 0 saturated heterocycles. The van der Waals surface area contributed by atoms with Gasteiger partial charge in [-0.15, -0.1) is 35.7 Å². The minimum Gasteiger partial charge on any atom is -0.509 e. The van der Waals surface area contributed by atoms with E-state index in [9.17, 15) is 0 Å². The third kappa shape index (κ3) is 7.92. The molecule has 4 aromatic carbocycles. The van der Waals surface area contributed by atoms with Gasteiger partial charge in [0, 0.05) is 34.5 Å². The average Bonchev–Trinajstić information content (AvgIpc) is 3.58. The third-order valence-corrected chi connectivity index (χ3v) is 10.5. The van der Waals surface area contributed by atoms with Crippen molar-refractivity contribution in [1.82, 2.24) is 19.3 Å². The van der Waals surface area contributed by atoms with E-state index < -0.39 is 0 Å². The van der Waals surface area contributed by atoms with E-state index in [1.54, 1.807) is 0 Å². The van der Waals surface area contributed by atoms with Crippen molar-refractivity contribution < 1.29 is 25.8 Å². The Balaban J connectivity index is 0.00000481. The van der Waals surface area contributed by atoms with Crippen molar-refractivity contribution in [2.75, 3.05) is 0 Å². The van der Waals surface area contributed by atoms with Gasteiger partial charge in [-0.3, -0.25) is 4.68 Å². The summed E-state index contributed by atoms with van der Waals surface area (Å²) in [7, 11) is 0. The zero-order valence-corrected chi connectivity index (χ0v) is 34.9. The molecule has 0 aliphatic heterocycles. The van der Waals surface area contributed by atoms with Crippen LogP contribution in [0.3, 0.4) is 0 Å². The van der Waals surface area contributed by atoms with Crippen molar-refractivity contribution in [2.24, 2.45) is 10.8 Å². The first kappa shape index (κ1) is 38.3. The number of fused-ring (bicyclic) bond motifs is 3. The Morgan fingerprint density at radius 3 is 2.25 bits per heavy atom. The van der Waals surface area contributed by atoms with E-state index >= 15 is 0 Å². The van der Waals surface area contributed by atoms with E-state index in [2.05, 4.69) is 153 Å². The molecule has 7 aromatic rings. The maximum atomic E-state index is 6.71. The Kier molecular flexibility index (Phi) is 10.6. The fourth-order valence-corrected chi connectivity index (χ4v) is 7.09. The van der Waals surface area contributed by atoms with Crippen LogP contribution < -0.4 is 4.74 Å². The van der Waals surface area contributed by atoms with Crippen LogP contribution in [0.2, 0.25) is 0 Å². The number of aryl methyl sites for hydroxylation is 3. The molecular weight excluding hydrogens is 832 g/mol. The molecule has 53 heavy (non-hydrogen) atoms. The maximum absolute atomic E-state index is 6.71. The molecular formula is C47H50N4OPt. The van der Waals surface area contributed by atoms with E-state index in [1.165, 1.54) is 16.5 Å². The number of ether oxygens (including phenoxy) is 1. The van der Waals surface area contributed by atoms with Crippen LogP contribution in [0.15, 0.2) is 91.1 Å². The summed E-state index contributed by atoms with van der Waals surface area (Å²) in [5.41, 5.74) is 11.3. The molecule has 0 aliphatic rings. The van der Waals surface area contributed by atoms with Crippen LogP contribution in [0.1, 0.15) is 88.9 Å². The summed E-state index contributed by atoms with van der Waals surface area (Å²) < 4.78 is 10.9. The van der Waals surface area contributed by atoms with Crippen molar-refractivity contribution in [3.63, 3.8) is 0 Å². The number of rotatable bonds is 8. The summed E-state index contributed by atoms with van der Waals surface area (Å²) in [5.74, 6) is 2.52. The first-order valence-corrected chi connectivity index (χ1v) is 18.5. The van der Waals surface area contributed by atoms with Crippen LogP contribution in [0, 0.1) is 43.7 Å². The Labute approximate surface area is 329 Å². The Morgan fingerprint density at radius 2 is 1.55 bits per heavy atom. The van der Waals surface area contributed by atoms with Gasteiger partial charge >= 0.3 is 21.1 Å². The van der Waals surface area contributed by atoms with E-state index in [0.717, 1.165) is 68.8 Å². The van der Waals surface area contributed by atoms with Gasteiger partial charge in [0.2, 0.25) is 0 Å². The summed E-state index contributed by atoms with van der Waals surface area (Å²) in [5, 5.41) is 7.32. The summed E-state index contributed by atoms with van der Waals surface area (Å²) in [6.45, 7) is 22.4. The molecule has 0 N–H and O–H groups in total. The van der Waals surface area contributed by atoms with E-state index in [1.807, 2.05) is 29.1 Å². The molecule has 1 atom stereocenters. The second-order valence-electron chi connectivity index (χ2n) is 16.7. The van der Waals surface area contributed by atoms with Crippen LogP contribution in [-0.2, 0) is 27.5 Å². The molecule has 3 aromatic heterocycles. The number of benzene rings is 4. The molecule has 0 saturated carbocycles. The molecule has 3 heterocycles. The predicted molar refractivity (Wildman–Crippen MR) is 215 cm³/mol. The van der Waals surface area contributed by atoms with Gasteiger partial charge in [-0.05, 0) is 96.3 Å². The molecule has 0 spiro atoms. The normalized spacial score (nSPS) is 12.6. The first-order valence-electron chi connectivity index (χ1n) is 18.5. The topological polar surface area (TPSA) is 44.9 Å². The minimum absolute atomic E-state index is 0. The van der Waals surface area contributed by atoms with Crippen molar-refractivity contribution in [2.45, 2.75) is 88.0 Å². The van der Waals surface area contributed by atoms with Gasteiger partial charge in [0.05, 0.1) is 5.69 Å². The Morgan fingerprint density at radius 1 is 0.792 bits per heavy atom. The molecule has 6 heteroatoms. The second kappa shape index (κ2) is 14.7. The van der Waals surface area contributed by atoms with Crippen molar-refractivity contribution in [1.29, 1.82) is 0 Å². The summed E-state index contributed by atoms with van der Waals surface area (Å²) in [6.07, 6.45) is 3.83. The molecule has 274 valence electrons. The van der Waals surface area contributed by atoms with Gasteiger partial charge in [0.15, 0.2) is 0 Å². The molecule has 0 radical (unpaired) electrons. The Hall–Kier alpha value is -4.47. The van der Waals surface area contributed by atoms with E-state index in [4.69, 9.17) is 14.8 Å². The summed E-state index contributed by atoms with van der Waals surface area (Å²) in [6, 6.07) is 37.3. The van der Waals surface area contributed by atoms with Crippen LogP contribution in [0.5, 0.6) is 11.5 Å². The third-order valence-electron chi connectivity index (χ3n) is 10.5. The monoisotopic (exact) mass is 881 g/mol. The number of hydrogen-bond acceptors (Lipinski definition) is 3. The smallest absolute Gasteiger partial charge is 0.509 e. The molecule has 0 fully saturated rings. The number of pyridine rings is 1. The molecule has 1 unspecified atom stereocenters. The zero-order chi connectivity index (χ0) is 36.9. The van der Waals surface area contributed by atoms with Gasteiger partial charge < -0.3 is 9.30 Å². The maximum Gasteiger partial charge on any atom is 2.00 e. The summed E-state index contributed by atoms with van der Waals surface area (Å²) in [4.78, 5) is 4.82. The van der Waals surface area contributed by atoms with Crippen molar-refractivity contribution >= 4 is 21.8 Å². The predicted octanol–water partition coefficient (Wildman–Crippen LogP) is 12.5. The van der Waals surface area contributed by atoms with E-state index in [0.29, 0.717) is 17.4 Å². The SMILES string of the molecule is Cc1ccnc(-n2c3[c-]c(Oc4[c-]c(-n5nc(C)c(-c6ccccc6)c5C)cc(CCC(C)(C)C)c4)ccc3c3cc(C(C)C(C)(C)C)ccc32)c1.[Pt+2]. The van der Waals surface area contributed by atoms with Gasteiger partial charge in [-0.1, -0.05) is 96.4 Å². The first-order chi connectivity index (χ1) is 24.7. The molecule has 0 bridgehead atoms. The molecule has 7 rings (SSSR count). The van der Waals surface area contributed by atoms with Crippen LogP contribution >= 0.6 is 0 Å². The second-order valence-corrected chi connectivity index (χ2v) is 16.7. The quantitative estimate of drug-likeness (QED) is 0.143. The van der Waals surface area contributed by atoms with Gasteiger partial charge in [-0.25, -0.2) is 4.98 Å². The number of nitrogens with zero attached hydrogens (tertiary/aromatic N) is 4. The van der Waals surface area contributed by atoms with E-state index in [-0.39, 0.29) is 31.9 Å². The zero-order valence-electron chi connectivity index (χ0n) is 32.7. The largest absolute Gasteiger partial charge is 2.00 e. The van der Waals surface area contributed by atoms with Gasteiger partial charge in [0.1, 0.15) is 5.82 Å². The minimum atomic E-state index is 0. The summed E-state index contributed by atoms with van der Waals surface area (Å²) >= 11 is 0. The number of hydrogen-bond donors (Lipinski definition) is 0. The fraction of sp³-hybridized carbons (Fsp3) is 0.319. The average molecular weight is 882 g/mol. The van der Waals surface area contributed by atoms with Crippen LogP contribution in [0.4, 0.5) is 0 Å². The number of aromatic nitrogens is 4. The fourth-order valence-electron chi connectivity index (χ4n) is 7.09. The van der Waals surface area contributed by atoms with Crippen LogP contribution in [-0.4, -0.2) is 19.3 Å². The van der Waals surface area contributed by atoms with Gasteiger partial charge in [0.25, 0.3) is 0 Å². The van der Waals surface area contributed by atoms with Crippen molar-refractivity contribution in [3.8, 4) is 34.1 Å². The molecule has 0 aliphatic carbocycles. The van der Waals surface area contributed by atoms with Crippen LogP contribution in [0.25, 0.3) is 44.4 Å². The molecule has 5 nitrogen and oxygen atoms in total. The standard InChI is InChI=1S/C47H50N4O.Pt/c1-30-21-23-48-44(24-30)50-42-19-16-36(31(2)47(8,9)10)27-41(42)40-18-17-38(29-43(40)50)52-39-26-34(20-22-46(5,6)7)25-37(28-39)51-33(4)45(32(3)49-51)35-14-12-11-13-15-35;/h11-19,21,23-27,31H,20,22H2,1-10H3;/q-2;+2. The molecule has 0 amide bonds. The van der Waals surface area contributed by atoms with Gasteiger partial charge in [-0.2, -0.15) is 16.7 Å². The van der Waals surface area contributed by atoms with Crippen molar-refractivity contribution in [3.05, 3.63) is 131 Å². The Bertz CT molecular complexity index is 2410.